The standard InChI is InChI=1S/C13H15BrFNO3/c1-7-4-10(15)9(14)5-11(7)16-6-8-2-3-12(19-8)13(17)18/h4-5,8,12,16H,2-3,6H2,1H3,(H,17,18). The van der Waals surface area contributed by atoms with Crippen molar-refractivity contribution in [2.24, 2.45) is 0 Å². The van der Waals surface area contributed by atoms with E-state index in [1.807, 2.05) is 6.92 Å². The van der Waals surface area contributed by atoms with E-state index in [2.05, 4.69) is 21.2 Å². The molecule has 4 nitrogen and oxygen atoms in total. The van der Waals surface area contributed by atoms with Crippen molar-refractivity contribution in [2.75, 3.05) is 11.9 Å². The fourth-order valence-electron chi connectivity index (χ4n) is 2.10. The highest BCUT2D eigenvalue weighted by Gasteiger charge is 2.30. The molecule has 2 rings (SSSR count). The molecule has 0 radical (unpaired) electrons. The molecule has 1 aromatic rings. The van der Waals surface area contributed by atoms with Crippen LogP contribution < -0.4 is 5.32 Å². The molecule has 0 aliphatic carbocycles. The van der Waals surface area contributed by atoms with E-state index in [0.717, 1.165) is 11.3 Å². The third-order valence-electron chi connectivity index (χ3n) is 3.17. The van der Waals surface area contributed by atoms with Crippen LogP contribution in [0, 0.1) is 12.7 Å². The van der Waals surface area contributed by atoms with E-state index in [1.54, 1.807) is 6.07 Å². The van der Waals surface area contributed by atoms with Crippen LogP contribution in [0.3, 0.4) is 0 Å². The summed E-state index contributed by atoms with van der Waals surface area (Å²) >= 11 is 3.14. The number of rotatable bonds is 4. The number of carboxylic acids is 1. The molecule has 2 atom stereocenters. The van der Waals surface area contributed by atoms with E-state index in [9.17, 15) is 9.18 Å². The number of carbonyl (C=O) groups is 1. The molecule has 19 heavy (non-hydrogen) atoms. The third kappa shape index (κ3) is 3.45. The summed E-state index contributed by atoms with van der Waals surface area (Å²) in [5.74, 6) is -1.21. The Morgan fingerprint density at radius 2 is 2.32 bits per heavy atom. The van der Waals surface area contributed by atoms with Gasteiger partial charge in [-0.1, -0.05) is 0 Å². The van der Waals surface area contributed by atoms with E-state index in [0.29, 0.717) is 23.9 Å². The number of nitrogens with one attached hydrogen (secondary N) is 1. The van der Waals surface area contributed by atoms with Gasteiger partial charge in [-0.15, -0.1) is 0 Å². The predicted octanol–water partition coefficient (Wildman–Crippen LogP) is 2.94. The number of hydrogen-bond acceptors (Lipinski definition) is 3. The van der Waals surface area contributed by atoms with Gasteiger partial charge in [-0.2, -0.15) is 0 Å². The number of carboxylic acid groups (broad SMARTS) is 1. The lowest BCUT2D eigenvalue weighted by atomic mass is 10.1. The molecule has 1 aliphatic rings. The zero-order valence-electron chi connectivity index (χ0n) is 10.5. The van der Waals surface area contributed by atoms with Crippen LogP contribution in [0.25, 0.3) is 0 Å². The smallest absolute Gasteiger partial charge is 0.332 e. The van der Waals surface area contributed by atoms with Crippen molar-refractivity contribution in [3.05, 3.63) is 28.0 Å². The molecule has 104 valence electrons. The lowest BCUT2D eigenvalue weighted by Crippen LogP contribution is -2.24. The van der Waals surface area contributed by atoms with Crippen LogP contribution in [0.1, 0.15) is 18.4 Å². The summed E-state index contributed by atoms with van der Waals surface area (Å²) in [6.07, 6.45) is 0.427. The zero-order valence-corrected chi connectivity index (χ0v) is 12.0. The van der Waals surface area contributed by atoms with E-state index in [-0.39, 0.29) is 11.9 Å². The van der Waals surface area contributed by atoms with Gasteiger partial charge < -0.3 is 15.2 Å². The Hall–Kier alpha value is -1.14. The van der Waals surface area contributed by atoms with Crippen LogP contribution in [0.2, 0.25) is 0 Å². The molecular formula is C13H15BrFNO3. The topological polar surface area (TPSA) is 58.6 Å². The average Bonchev–Trinajstić information content (AvgIpc) is 2.81. The largest absolute Gasteiger partial charge is 0.479 e. The maximum atomic E-state index is 13.3. The SMILES string of the molecule is Cc1cc(F)c(Br)cc1NCC1CCC(C(=O)O)O1. The fraction of sp³-hybridized carbons (Fsp3) is 0.462. The Kier molecular flexibility index (Phi) is 4.42. The summed E-state index contributed by atoms with van der Waals surface area (Å²) < 4.78 is 19.1. The maximum absolute atomic E-state index is 13.3. The Labute approximate surface area is 119 Å². The highest BCUT2D eigenvalue weighted by atomic mass is 79.9. The monoisotopic (exact) mass is 331 g/mol. The number of halogens is 2. The van der Waals surface area contributed by atoms with Crippen LogP contribution >= 0.6 is 15.9 Å². The molecule has 2 unspecified atom stereocenters. The molecule has 1 saturated heterocycles. The first-order valence-corrected chi connectivity index (χ1v) is 6.84. The van der Waals surface area contributed by atoms with Crippen molar-refractivity contribution in [3.8, 4) is 0 Å². The molecule has 1 heterocycles. The second-order valence-electron chi connectivity index (χ2n) is 4.62. The van der Waals surface area contributed by atoms with Crippen molar-refractivity contribution in [1.29, 1.82) is 0 Å². The summed E-state index contributed by atoms with van der Waals surface area (Å²) in [7, 11) is 0. The van der Waals surface area contributed by atoms with Crippen molar-refractivity contribution >= 4 is 27.6 Å². The molecule has 1 fully saturated rings. The minimum absolute atomic E-state index is 0.121. The molecular weight excluding hydrogens is 317 g/mol. The minimum Gasteiger partial charge on any atom is -0.479 e. The van der Waals surface area contributed by atoms with Gasteiger partial charge in [-0.25, -0.2) is 9.18 Å². The molecule has 6 heteroatoms. The number of ether oxygens (including phenoxy) is 1. The van der Waals surface area contributed by atoms with Crippen LogP contribution in [0.4, 0.5) is 10.1 Å². The first kappa shape index (κ1) is 14.3. The van der Waals surface area contributed by atoms with Crippen LogP contribution in [0.5, 0.6) is 0 Å². The average molecular weight is 332 g/mol. The predicted molar refractivity (Wildman–Crippen MR) is 72.9 cm³/mol. The van der Waals surface area contributed by atoms with Gasteiger partial charge in [0.2, 0.25) is 0 Å². The lowest BCUT2D eigenvalue weighted by molar-refractivity contribution is -0.149. The molecule has 0 spiro atoms. The van der Waals surface area contributed by atoms with Crippen molar-refractivity contribution in [2.45, 2.75) is 32.0 Å². The second-order valence-corrected chi connectivity index (χ2v) is 5.48. The van der Waals surface area contributed by atoms with Crippen molar-refractivity contribution in [1.82, 2.24) is 0 Å². The number of aliphatic carboxylic acids is 1. The summed E-state index contributed by atoms with van der Waals surface area (Å²) in [4.78, 5) is 10.8. The van der Waals surface area contributed by atoms with Gasteiger partial charge in [0.25, 0.3) is 0 Å². The first-order valence-electron chi connectivity index (χ1n) is 6.05. The number of benzene rings is 1. The number of hydrogen-bond donors (Lipinski definition) is 2. The Morgan fingerprint density at radius 3 is 2.95 bits per heavy atom. The van der Waals surface area contributed by atoms with Gasteiger partial charge in [-0.05, 0) is 53.4 Å². The molecule has 0 aromatic heterocycles. The van der Waals surface area contributed by atoms with E-state index in [1.165, 1.54) is 6.07 Å². The third-order valence-corrected chi connectivity index (χ3v) is 3.78. The maximum Gasteiger partial charge on any atom is 0.332 e. The Morgan fingerprint density at radius 1 is 1.58 bits per heavy atom. The van der Waals surface area contributed by atoms with Crippen LogP contribution in [0.15, 0.2) is 16.6 Å². The van der Waals surface area contributed by atoms with Gasteiger partial charge in [0.15, 0.2) is 6.10 Å². The Bertz CT molecular complexity index is 495. The number of anilines is 1. The van der Waals surface area contributed by atoms with Crippen LogP contribution in [-0.2, 0) is 9.53 Å². The van der Waals surface area contributed by atoms with Gasteiger partial charge in [0.1, 0.15) is 5.82 Å². The fourth-order valence-corrected chi connectivity index (χ4v) is 2.44. The van der Waals surface area contributed by atoms with Gasteiger partial charge in [0.05, 0.1) is 10.6 Å². The van der Waals surface area contributed by atoms with Crippen LogP contribution in [-0.4, -0.2) is 29.8 Å². The molecule has 1 aromatic carbocycles. The van der Waals surface area contributed by atoms with Gasteiger partial charge >= 0.3 is 5.97 Å². The first-order chi connectivity index (χ1) is 8.97. The summed E-state index contributed by atoms with van der Waals surface area (Å²) in [5, 5.41) is 12.0. The van der Waals surface area contributed by atoms with Crippen molar-refractivity contribution in [3.63, 3.8) is 0 Å². The zero-order chi connectivity index (χ0) is 14.0. The summed E-state index contributed by atoms with van der Waals surface area (Å²) in [5.41, 5.74) is 1.61. The second kappa shape index (κ2) is 5.88. The number of aryl methyl sites for hydroxylation is 1. The molecule has 0 bridgehead atoms. The van der Waals surface area contributed by atoms with Gasteiger partial charge in [0, 0.05) is 12.2 Å². The molecule has 1 aliphatic heterocycles. The Balaban J connectivity index is 1.93. The quantitative estimate of drug-likeness (QED) is 0.890. The minimum atomic E-state index is -0.914. The lowest BCUT2D eigenvalue weighted by Gasteiger charge is -2.15. The molecule has 0 saturated carbocycles. The highest BCUT2D eigenvalue weighted by Crippen LogP contribution is 2.25. The summed E-state index contributed by atoms with van der Waals surface area (Å²) in [6.45, 7) is 2.33. The normalized spacial score (nSPS) is 22.5. The molecule has 0 amide bonds. The van der Waals surface area contributed by atoms with E-state index >= 15 is 0 Å². The van der Waals surface area contributed by atoms with E-state index in [4.69, 9.17) is 9.84 Å². The molecule has 2 N–H and O–H groups in total. The summed E-state index contributed by atoms with van der Waals surface area (Å²) in [6, 6.07) is 3.12. The van der Waals surface area contributed by atoms with Gasteiger partial charge in [-0.3, -0.25) is 0 Å². The van der Waals surface area contributed by atoms with E-state index < -0.39 is 12.1 Å². The highest BCUT2D eigenvalue weighted by molar-refractivity contribution is 9.10. The van der Waals surface area contributed by atoms with Crippen molar-refractivity contribution < 1.29 is 19.0 Å².